The first-order valence-corrected chi connectivity index (χ1v) is 13.7. The van der Waals surface area contributed by atoms with Crippen LogP contribution in [0.5, 0.6) is 0 Å². The van der Waals surface area contributed by atoms with E-state index in [1.807, 2.05) is 81.4 Å². The molecule has 1 heterocycles. The van der Waals surface area contributed by atoms with Crippen LogP contribution in [0.15, 0.2) is 66.2 Å². The Bertz CT molecular complexity index is 1440. The number of anilines is 2. The summed E-state index contributed by atoms with van der Waals surface area (Å²) in [6, 6.07) is 19.0. The Kier molecular flexibility index (Phi) is 7.74. The van der Waals surface area contributed by atoms with E-state index in [0.29, 0.717) is 11.3 Å². The molecule has 1 aliphatic rings. The second-order valence-corrected chi connectivity index (χ2v) is 11.5. The molecule has 1 atom stereocenters. The average molecular weight is 525 g/mol. The lowest BCUT2D eigenvalue weighted by Gasteiger charge is -2.28. The van der Waals surface area contributed by atoms with Crippen LogP contribution in [0.3, 0.4) is 0 Å². The molecule has 5 heteroatoms. The maximum Gasteiger partial charge on any atom is 0.300 e. The molecule has 0 aliphatic carbocycles. The number of carbonyl (C=O) groups excluding carboxylic acids is 2. The Balaban J connectivity index is 1.97. The van der Waals surface area contributed by atoms with Crippen LogP contribution in [0.25, 0.3) is 5.76 Å². The summed E-state index contributed by atoms with van der Waals surface area (Å²) >= 11 is 0. The van der Waals surface area contributed by atoms with Crippen molar-refractivity contribution in [3.05, 3.63) is 99.6 Å². The lowest BCUT2D eigenvalue weighted by Crippen LogP contribution is -2.30. The number of carbonyl (C=O) groups is 2. The van der Waals surface area contributed by atoms with Crippen molar-refractivity contribution in [1.29, 1.82) is 0 Å². The first-order valence-electron chi connectivity index (χ1n) is 13.7. The molecule has 0 spiro atoms. The van der Waals surface area contributed by atoms with Crippen LogP contribution < -0.4 is 9.80 Å². The van der Waals surface area contributed by atoms with Gasteiger partial charge in [-0.1, -0.05) is 62.7 Å². The summed E-state index contributed by atoms with van der Waals surface area (Å²) in [4.78, 5) is 31.2. The van der Waals surface area contributed by atoms with E-state index in [1.54, 1.807) is 4.90 Å². The van der Waals surface area contributed by atoms with Gasteiger partial charge in [-0.2, -0.15) is 0 Å². The van der Waals surface area contributed by atoms with Gasteiger partial charge in [0.2, 0.25) is 0 Å². The van der Waals surface area contributed by atoms with E-state index in [4.69, 9.17) is 0 Å². The van der Waals surface area contributed by atoms with E-state index in [1.165, 1.54) is 0 Å². The third-order valence-electron chi connectivity index (χ3n) is 7.75. The van der Waals surface area contributed by atoms with Crippen molar-refractivity contribution in [1.82, 2.24) is 0 Å². The third-order valence-corrected chi connectivity index (χ3v) is 7.75. The molecule has 1 amide bonds. The molecule has 3 aromatic carbocycles. The van der Waals surface area contributed by atoms with Gasteiger partial charge in [0.05, 0.1) is 11.6 Å². The molecule has 1 saturated heterocycles. The van der Waals surface area contributed by atoms with Crippen molar-refractivity contribution in [2.45, 2.75) is 66.8 Å². The molecule has 5 nitrogen and oxygen atoms in total. The molecular weight excluding hydrogens is 484 g/mol. The maximum atomic E-state index is 13.7. The van der Waals surface area contributed by atoms with Gasteiger partial charge >= 0.3 is 0 Å². The van der Waals surface area contributed by atoms with E-state index in [-0.39, 0.29) is 16.7 Å². The monoisotopic (exact) mass is 524 g/mol. The normalized spacial score (nSPS) is 17.1. The Hall–Kier alpha value is -3.86. The zero-order valence-corrected chi connectivity index (χ0v) is 24.4. The number of hydrogen-bond donors (Lipinski definition) is 1. The van der Waals surface area contributed by atoms with Gasteiger partial charge in [0.15, 0.2) is 0 Å². The van der Waals surface area contributed by atoms with E-state index < -0.39 is 17.7 Å². The van der Waals surface area contributed by atoms with Gasteiger partial charge in [0.25, 0.3) is 11.7 Å². The van der Waals surface area contributed by atoms with Crippen molar-refractivity contribution >= 4 is 28.8 Å². The van der Waals surface area contributed by atoms with E-state index >= 15 is 0 Å². The molecule has 0 radical (unpaired) electrons. The largest absolute Gasteiger partial charge is 0.507 e. The number of rotatable bonds is 6. The number of aliphatic hydroxyl groups is 1. The number of aryl methyl sites for hydroxylation is 3. The van der Waals surface area contributed by atoms with Gasteiger partial charge in [-0.3, -0.25) is 14.5 Å². The first-order chi connectivity index (χ1) is 18.4. The summed E-state index contributed by atoms with van der Waals surface area (Å²) in [5.74, 6) is -1.45. The highest BCUT2D eigenvalue weighted by Gasteiger charge is 2.47. The van der Waals surface area contributed by atoms with Crippen molar-refractivity contribution in [3.8, 4) is 0 Å². The molecule has 204 valence electrons. The molecule has 39 heavy (non-hydrogen) atoms. The molecule has 0 aromatic heterocycles. The van der Waals surface area contributed by atoms with Crippen LogP contribution in [-0.4, -0.2) is 29.9 Å². The smallest absolute Gasteiger partial charge is 0.300 e. The minimum Gasteiger partial charge on any atom is -0.507 e. The second-order valence-electron chi connectivity index (χ2n) is 11.5. The minimum atomic E-state index is -0.755. The highest BCUT2D eigenvalue weighted by atomic mass is 16.3. The Labute approximate surface area is 232 Å². The predicted octanol–water partition coefficient (Wildman–Crippen LogP) is 7.38. The third kappa shape index (κ3) is 5.23. The van der Waals surface area contributed by atoms with Crippen LogP contribution in [0.2, 0.25) is 0 Å². The van der Waals surface area contributed by atoms with Gasteiger partial charge in [0, 0.05) is 30.0 Å². The van der Waals surface area contributed by atoms with Gasteiger partial charge in [-0.05, 0) is 86.6 Å². The van der Waals surface area contributed by atoms with Gasteiger partial charge in [-0.25, -0.2) is 0 Å². The number of hydrogen-bond acceptors (Lipinski definition) is 4. The SMILES string of the molecule is CCN(CC)c1ccc(C2/C(=C(\O)c3cc(C(C)(C)C)ccc3C)C(=O)C(=O)N2c2ccc(C)cc2C)cc1. The lowest BCUT2D eigenvalue weighted by atomic mass is 9.84. The summed E-state index contributed by atoms with van der Waals surface area (Å²) in [5, 5.41) is 11.8. The van der Waals surface area contributed by atoms with Crippen LogP contribution in [0.4, 0.5) is 11.4 Å². The summed E-state index contributed by atoms with van der Waals surface area (Å²) in [6.45, 7) is 18.2. The number of amides is 1. The fourth-order valence-electron chi connectivity index (χ4n) is 5.42. The van der Waals surface area contributed by atoms with E-state index in [2.05, 4.69) is 39.5 Å². The fourth-order valence-corrected chi connectivity index (χ4v) is 5.42. The lowest BCUT2D eigenvalue weighted by molar-refractivity contribution is -0.132. The number of aliphatic hydroxyl groups excluding tert-OH is 1. The Morgan fingerprint density at radius 1 is 0.872 bits per heavy atom. The molecule has 3 aromatic rings. The van der Waals surface area contributed by atoms with Crippen molar-refractivity contribution in [2.75, 3.05) is 22.9 Å². The first kappa shape index (κ1) is 28.2. The molecule has 0 saturated carbocycles. The highest BCUT2D eigenvalue weighted by Crippen LogP contribution is 2.44. The standard InChI is InChI=1S/C34H40N2O3/c1-9-35(10-2)26-16-13-24(14-17-26)30-29(31(37)27-20-25(34(6,7)8)15-12-22(27)4)32(38)33(39)36(30)28-18-11-21(3)19-23(28)5/h11-20,30,37H,9-10H2,1-8H3/b31-29+. The van der Waals surface area contributed by atoms with E-state index in [0.717, 1.165) is 46.6 Å². The molecular formula is C34H40N2O3. The number of ketones is 1. The number of benzene rings is 3. The van der Waals surface area contributed by atoms with Gasteiger partial charge in [0.1, 0.15) is 5.76 Å². The van der Waals surface area contributed by atoms with Crippen molar-refractivity contribution in [2.24, 2.45) is 0 Å². The molecule has 1 unspecified atom stereocenters. The predicted molar refractivity (Wildman–Crippen MR) is 161 cm³/mol. The second kappa shape index (κ2) is 10.7. The topological polar surface area (TPSA) is 60.9 Å². The maximum absolute atomic E-state index is 13.7. The fraction of sp³-hybridized carbons (Fsp3) is 0.353. The summed E-state index contributed by atoms with van der Waals surface area (Å²) in [7, 11) is 0. The molecule has 0 bridgehead atoms. The van der Waals surface area contributed by atoms with Crippen LogP contribution in [-0.2, 0) is 15.0 Å². The van der Waals surface area contributed by atoms with Crippen LogP contribution in [0, 0.1) is 20.8 Å². The zero-order chi connectivity index (χ0) is 28.6. The molecule has 4 rings (SSSR count). The zero-order valence-electron chi connectivity index (χ0n) is 24.4. The average Bonchev–Trinajstić information content (AvgIpc) is 3.14. The van der Waals surface area contributed by atoms with Crippen molar-refractivity contribution in [3.63, 3.8) is 0 Å². The summed E-state index contributed by atoms with van der Waals surface area (Å²) in [6.07, 6.45) is 0. The molecule has 1 N–H and O–H groups in total. The quantitative estimate of drug-likeness (QED) is 0.208. The van der Waals surface area contributed by atoms with E-state index in [9.17, 15) is 14.7 Å². The number of nitrogens with zero attached hydrogens (tertiary/aromatic N) is 2. The van der Waals surface area contributed by atoms with Gasteiger partial charge < -0.3 is 10.0 Å². The summed E-state index contributed by atoms with van der Waals surface area (Å²) < 4.78 is 0. The minimum absolute atomic E-state index is 0.115. The molecule has 1 aliphatic heterocycles. The van der Waals surface area contributed by atoms with Gasteiger partial charge in [-0.15, -0.1) is 0 Å². The van der Waals surface area contributed by atoms with Crippen LogP contribution >= 0.6 is 0 Å². The Morgan fingerprint density at radius 3 is 2.08 bits per heavy atom. The number of Topliss-reactive ketones (excluding diaryl/α,β-unsaturated/α-hetero) is 1. The summed E-state index contributed by atoms with van der Waals surface area (Å²) in [5.41, 5.74) is 6.91. The highest BCUT2D eigenvalue weighted by molar-refractivity contribution is 6.51. The molecule has 1 fully saturated rings. The Morgan fingerprint density at radius 2 is 1.51 bits per heavy atom. The van der Waals surface area contributed by atoms with Crippen LogP contribution in [0.1, 0.15) is 74.0 Å². The van der Waals surface area contributed by atoms with Crippen molar-refractivity contribution < 1.29 is 14.7 Å².